The highest BCUT2D eigenvalue weighted by molar-refractivity contribution is 8.02. The maximum atomic E-state index is 14.5. The van der Waals surface area contributed by atoms with E-state index in [2.05, 4.69) is 25.3 Å². The van der Waals surface area contributed by atoms with Crippen LogP contribution >= 0.6 is 11.8 Å². The van der Waals surface area contributed by atoms with Crippen LogP contribution < -0.4 is 9.80 Å². The molecule has 3 fully saturated rings. The van der Waals surface area contributed by atoms with Crippen LogP contribution in [0.2, 0.25) is 0 Å². The molecule has 2 N–H and O–H groups in total. The molecule has 2 bridgehead atoms. The van der Waals surface area contributed by atoms with E-state index in [-0.39, 0.29) is 36.1 Å². The van der Waals surface area contributed by atoms with Gasteiger partial charge in [0, 0.05) is 36.3 Å². The number of hydrogen-bond acceptors (Lipinski definition) is 6. The highest BCUT2D eigenvalue weighted by atomic mass is 32.2. The third-order valence-electron chi connectivity index (χ3n) is 8.44. The molecule has 3 heterocycles. The van der Waals surface area contributed by atoms with Gasteiger partial charge < -0.3 is 24.9 Å². The minimum atomic E-state index is -0.981. The first-order valence-electron chi connectivity index (χ1n) is 13.3. The van der Waals surface area contributed by atoms with Crippen molar-refractivity contribution in [3.8, 4) is 0 Å². The van der Waals surface area contributed by atoms with E-state index >= 15 is 0 Å². The third-order valence-corrected chi connectivity index (χ3v) is 10.4. The number of aliphatic hydroxyl groups is 1. The van der Waals surface area contributed by atoms with Crippen LogP contribution in [0, 0.1) is 17.8 Å². The van der Waals surface area contributed by atoms with Crippen molar-refractivity contribution in [2.75, 3.05) is 36.0 Å². The first-order chi connectivity index (χ1) is 17.7. The summed E-state index contributed by atoms with van der Waals surface area (Å²) in [5.41, 5.74) is 1.76. The molecular formula is C28H39N3O5S. The van der Waals surface area contributed by atoms with E-state index in [9.17, 15) is 24.6 Å². The number of amides is 2. The molecule has 4 rings (SSSR count). The fourth-order valence-corrected chi connectivity index (χ4v) is 8.85. The van der Waals surface area contributed by atoms with E-state index in [0.29, 0.717) is 18.5 Å². The Labute approximate surface area is 223 Å². The summed E-state index contributed by atoms with van der Waals surface area (Å²) in [6.45, 7) is 13.6. The summed E-state index contributed by atoms with van der Waals surface area (Å²) in [5, 5.41) is 20.2. The van der Waals surface area contributed by atoms with E-state index in [1.165, 1.54) is 11.8 Å². The van der Waals surface area contributed by atoms with Gasteiger partial charge in [-0.1, -0.05) is 19.9 Å². The van der Waals surface area contributed by atoms with Gasteiger partial charge in [0.2, 0.25) is 5.91 Å². The number of likely N-dealkylation sites (tertiary alicyclic amines) is 1. The van der Waals surface area contributed by atoms with Gasteiger partial charge in [-0.25, -0.2) is 0 Å². The molecule has 3 saturated heterocycles. The molecule has 2 unspecified atom stereocenters. The molecule has 8 nitrogen and oxygen atoms in total. The average Bonchev–Trinajstić information content (AvgIpc) is 3.51. The third kappa shape index (κ3) is 4.34. The van der Waals surface area contributed by atoms with Crippen molar-refractivity contribution in [2.24, 2.45) is 17.8 Å². The second-order valence-corrected chi connectivity index (χ2v) is 12.2. The summed E-state index contributed by atoms with van der Waals surface area (Å²) in [6.07, 6.45) is 2.93. The number of benzene rings is 1. The molecule has 202 valence electrons. The van der Waals surface area contributed by atoms with E-state index in [1.54, 1.807) is 15.9 Å². The average molecular weight is 530 g/mol. The Hall–Kier alpha value is -2.52. The first kappa shape index (κ1) is 27.5. The number of rotatable bonds is 11. The predicted molar refractivity (Wildman–Crippen MR) is 147 cm³/mol. The zero-order valence-electron chi connectivity index (χ0n) is 22.2. The summed E-state index contributed by atoms with van der Waals surface area (Å²) in [5.74, 6) is -3.24. The zero-order valence-corrected chi connectivity index (χ0v) is 23.0. The Kier molecular flexibility index (Phi) is 7.95. The highest BCUT2D eigenvalue weighted by Gasteiger charge is 2.74. The van der Waals surface area contributed by atoms with Gasteiger partial charge in [-0.3, -0.25) is 14.4 Å². The first-order valence-corrected chi connectivity index (χ1v) is 14.2. The van der Waals surface area contributed by atoms with Gasteiger partial charge in [0.1, 0.15) is 6.04 Å². The molecule has 9 heteroatoms. The van der Waals surface area contributed by atoms with Crippen molar-refractivity contribution in [1.82, 2.24) is 4.90 Å². The topological polar surface area (TPSA) is 101 Å². The molecule has 0 aromatic heterocycles. The fourth-order valence-electron chi connectivity index (χ4n) is 6.66. The monoisotopic (exact) mass is 529 g/mol. The maximum absolute atomic E-state index is 14.5. The maximum Gasteiger partial charge on any atom is 0.308 e. The van der Waals surface area contributed by atoms with E-state index in [0.717, 1.165) is 18.8 Å². The lowest BCUT2D eigenvalue weighted by Crippen LogP contribution is -2.58. The number of aliphatic hydroxyl groups excluding tert-OH is 1. The standard InChI is InChI=1S/C28H39N3O5S/c1-6-15-30(19-11-9-18(10-12-19)29(7-2)8-3)26(34)24-28-14-13-21(37-28)22(27(35)36)23(28)25(33)31(24)20(16-32)17(4)5/h6,9-12,17,20-24,32H,1,7-8,13-16H2,2-5H3,(H,35,36)/t20-,21-,22+,23-,24?,28?/m0/s1. The number of hydrogen-bond donors (Lipinski definition) is 2. The molecule has 0 saturated carbocycles. The Morgan fingerprint density at radius 2 is 1.84 bits per heavy atom. The van der Waals surface area contributed by atoms with Gasteiger partial charge in [0.25, 0.3) is 5.91 Å². The number of carboxylic acid groups (broad SMARTS) is 1. The van der Waals surface area contributed by atoms with Crippen molar-refractivity contribution in [1.29, 1.82) is 0 Å². The van der Waals surface area contributed by atoms with Crippen molar-refractivity contribution in [3.05, 3.63) is 36.9 Å². The number of nitrogens with zero attached hydrogens (tertiary/aromatic N) is 3. The van der Waals surface area contributed by atoms with Crippen LogP contribution in [0.5, 0.6) is 0 Å². The summed E-state index contributed by atoms with van der Waals surface area (Å²) in [4.78, 5) is 46.1. The second-order valence-electron chi connectivity index (χ2n) is 10.6. The Bertz CT molecular complexity index is 1040. The molecular weight excluding hydrogens is 490 g/mol. The van der Waals surface area contributed by atoms with Crippen molar-refractivity contribution < 1.29 is 24.6 Å². The van der Waals surface area contributed by atoms with Crippen LogP contribution in [-0.2, 0) is 14.4 Å². The number of carbonyl (C=O) groups excluding carboxylic acids is 2. The second kappa shape index (κ2) is 10.7. The molecule has 0 aliphatic carbocycles. The number of carboxylic acids is 1. The molecule has 1 aromatic carbocycles. The largest absolute Gasteiger partial charge is 0.481 e. The molecule has 1 aromatic rings. The summed E-state index contributed by atoms with van der Waals surface area (Å²) in [6, 6.07) is 6.38. The van der Waals surface area contributed by atoms with Crippen molar-refractivity contribution >= 4 is 40.9 Å². The van der Waals surface area contributed by atoms with E-state index in [4.69, 9.17) is 0 Å². The highest BCUT2D eigenvalue weighted by Crippen LogP contribution is 2.67. The lowest BCUT2D eigenvalue weighted by Gasteiger charge is -2.40. The van der Waals surface area contributed by atoms with Gasteiger partial charge in [-0.15, -0.1) is 18.3 Å². The Morgan fingerprint density at radius 1 is 1.22 bits per heavy atom. The molecule has 2 amide bonds. The fraction of sp³-hybridized carbons (Fsp3) is 0.607. The molecule has 0 radical (unpaired) electrons. The normalized spacial score (nSPS) is 28.9. The molecule has 3 aliphatic heterocycles. The lowest BCUT2D eigenvalue weighted by molar-refractivity contribution is -0.149. The number of carbonyl (C=O) groups is 3. The van der Waals surface area contributed by atoms with Crippen molar-refractivity contribution in [3.63, 3.8) is 0 Å². The van der Waals surface area contributed by atoms with Crippen LogP contribution in [0.3, 0.4) is 0 Å². The number of fused-ring (bicyclic) bond motifs is 1. The summed E-state index contributed by atoms with van der Waals surface area (Å²) < 4.78 is -0.815. The number of anilines is 2. The van der Waals surface area contributed by atoms with E-state index in [1.807, 2.05) is 38.1 Å². The smallest absolute Gasteiger partial charge is 0.308 e. The van der Waals surface area contributed by atoms with Crippen LogP contribution in [0.1, 0.15) is 40.5 Å². The summed E-state index contributed by atoms with van der Waals surface area (Å²) >= 11 is 1.51. The van der Waals surface area contributed by atoms with Gasteiger partial charge in [-0.2, -0.15) is 0 Å². The van der Waals surface area contributed by atoms with Crippen LogP contribution in [-0.4, -0.2) is 81.2 Å². The lowest BCUT2D eigenvalue weighted by atomic mass is 9.71. The van der Waals surface area contributed by atoms with Gasteiger partial charge in [0.05, 0.1) is 29.2 Å². The minimum Gasteiger partial charge on any atom is -0.481 e. The molecule has 6 atom stereocenters. The predicted octanol–water partition coefficient (Wildman–Crippen LogP) is 3.24. The SMILES string of the molecule is C=CCN(C(=O)C1N([C@@H](CO)C(C)C)C(=O)[C@@H]2[C@H](C(=O)O)[C@@H]3CCC12S3)c1ccc(N(CC)CC)cc1. The Balaban J connectivity index is 1.78. The number of aliphatic carboxylic acids is 1. The van der Waals surface area contributed by atoms with Crippen molar-refractivity contribution in [2.45, 2.75) is 62.6 Å². The zero-order chi connectivity index (χ0) is 27.1. The molecule has 3 aliphatic rings. The molecule has 1 spiro atoms. The van der Waals surface area contributed by atoms with Gasteiger partial charge >= 0.3 is 5.97 Å². The van der Waals surface area contributed by atoms with Crippen LogP contribution in [0.15, 0.2) is 36.9 Å². The summed E-state index contributed by atoms with van der Waals surface area (Å²) in [7, 11) is 0. The van der Waals surface area contributed by atoms with Crippen LogP contribution in [0.4, 0.5) is 11.4 Å². The number of thioether (sulfide) groups is 1. The van der Waals surface area contributed by atoms with E-state index < -0.39 is 34.6 Å². The Morgan fingerprint density at radius 3 is 2.35 bits per heavy atom. The van der Waals surface area contributed by atoms with Gasteiger partial charge in [-0.05, 0) is 56.9 Å². The minimum absolute atomic E-state index is 0.105. The van der Waals surface area contributed by atoms with Gasteiger partial charge in [0.15, 0.2) is 0 Å². The quantitative estimate of drug-likeness (QED) is 0.425. The molecule has 37 heavy (non-hydrogen) atoms. The van der Waals surface area contributed by atoms with Crippen LogP contribution in [0.25, 0.3) is 0 Å².